The van der Waals surface area contributed by atoms with Gasteiger partial charge in [-0.3, -0.25) is 14.6 Å². The number of carbonyl (C=O) groups excluding carboxylic acids is 2. The fraction of sp³-hybridized carbons (Fsp3) is 0.278. The lowest BCUT2D eigenvalue weighted by atomic mass is 9.92. The van der Waals surface area contributed by atoms with Crippen molar-refractivity contribution in [2.24, 2.45) is 5.73 Å². The molecule has 0 saturated carbocycles. The van der Waals surface area contributed by atoms with Crippen LogP contribution in [-0.4, -0.2) is 29.4 Å². The van der Waals surface area contributed by atoms with E-state index >= 15 is 0 Å². The summed E-state index contributed by atoms with van der Waals surface area (Å²) in [4.78, 5) is 28.5. The van der Waals surface area contributed by atoms with Crippen molar-refractivity contribution in [3.8, 4) is 5.75 Å². The number of anilines is 2. The normalized spacial score (nSPS) is 18.4. The molecule has 2 amide bonds. The van der Waals surface area contributed by atoms with Crippen molar-refractivity contribution < 1.29 is 14.3 Å². The van der Waals surface area contributed by atoms with E-state index in [1.165, 1.54) is 0 Å². The summed E-state index contributed by atoms with van der Waals surface area (Å²) >= 11 is 0. The number of hydrogen-bond acceptors (Lipinski definition) is 5. The number of nitrogens with two attached hydrogens (primary N) is 1. The summed E-state index contributed by atoms with van der Waals surface area (Å²) in [5, 5.41) is 5.54. The molecular weight excluding hydrogens is 320 g/mol. The van der Waals surface area contributed by atoms with Crippen LogP contribution in [0.15, 0.2) is 30.5 Å². The zero-order valence-corrected chi connectivity index (χ0v) is 13.5. The van der Waals surface area contributed by atoms with E-state index in [1.54, 1.807) is 24.4 Å². The van der Waals surface area contributed by atoms with Crippen molar-refractivity contribution >= 4 is 23.2 Å². The van der Waals surface area contributed by atoms with Crippen molar-refractivity contribution in [2.75, 3.05) is 17.2 Å². The Kier molecular flexibility index (Phi) is 3.85. The molecule has 1 aliphatic carbocycles. The first-order chi connectivity index (χ1) is 12.1. The third-order valence-electron chi connectivity index (χ3n) is 4.43. The second-order valence-electron chi connectivity index (χ2n) is 6.31. The van der Waals surface area contributed by atoms with Crippen LogP contribution >= 0.6 is 0 Å². The average molecular weight is 338 g/mol. The highest BCUT2D eigenvalue weighted by molar-refractivity contribution is 6.09. The number of fused-ring (bicyclic) bond motifs is 2. The number of pyridine rings is 1. The molecule has 1 aromatic carbocycles. The van der Waals surface area contributed by atoms with Crippen molar-refractivity contribution in [3.63, 3.8) is 0 Å². The van der Waals surface area contributed by atoms with Gasteiger partial charge in [-0.15, -0.1) is 0 Å². The van der Waals surface area contributed by atoms with Crippen molar-refractivity contribution in [1.82, 2.24) is 4.98 Å². The minimum Gasteiger partial charge on any atom is -0.481 e. The van der Waals surface area contributed by atoms with E-state index in [-0.39, 0.29) is 24.5 Å². The minimum absolute atomic E-state index is 0.102. The molecule has 25 heavy (non-hydrogen) atoms. The van der Waals surface area contributed by atoms with Gasteiger partial charge in [0, 0.05) is 11.7 Å². The number of carbonyl (C=O) groups is 2. The Bertz CT molecular complexity index is 865. The molecule has 2 aromatic rings. The van der Waals surface area contributed by atoms with E-state index in [0.717, 1.165) is 30.5 Å². The molecule has 2 heterocycles. The summed E-state index contributed by atoms with van der Waals surface area (Å²) in [5.74, 6) is -0.164. The number of para-hydroxylation sites is 1. The number of nitrogens with zero attached hydrogens (tertiary/aromatic N) is 1. The van der Waals surface area contributed by atoms with Crippen LogP contribution in [0.2, 0.25) is 0 Å². The Labute approximate surface area is 144 Å². The van der Waals surface area contributed by atoms with Gasteiger partial charge in [0.15, 0.2) is 12.4 Å². The Balaban J connectivity index is 1.58. The maximum atomic E-state index is 12.6. The van der Waals surface area contributed by atoms with E-state index in [1.807, 2.05) is 6.07 Å². The molecule has 4 N–H and O–H groups in total. The number of ether oxygens (including phenoxy) is 1. The molecule has 0 spiro atoms. The van der Waals surface area contributed by atoms with Crippen molar-refractivity contribution in [3.05, 3.63) is 47.3 Å². The van der Waals surface area contributed by atoms with Gasteiger partial charge < -0.3 is 21.1 Å². The van der Waals surface area contributed by atoms with Crippen LogP contribution in [0.5, 0.6) is 5.75 Å². The molecule has 0 fully saturated rings. The second-order valence-corrected chi connectivity index (χ2v) is 6.31. The monoisotopic (exact) mass is 338 g/mol. The second kappa shape index (κ2) is 6.18. The summed E-state index contributed by atoms with van der Waals surface area (Å²) in [6.07, 6.45) is 4.23. The van der Waals surface area contributed by atoms with Crippen LogP contribution < -0.4 is 21.1 Å². The molecule has 7 heteroatoms. The maximum Gasteiger partial charge on any atom is 0.262 e. The Morgan fingerprint density at radius 1 is 1.40 bits per heavy atom. The van der Waals surface area contributed by atoms with E-state index < -0.39 is 0 Å². The first-order valence-electron chi connectivity index (χ1n) is 8.20. The van der Waals surface area contributed by atoms with Crippen molar-refractivity contribution in [2.45, 2.75) is 25.3 Å². The molecule has 1 unspecified atom stereocenters. The quantitative estimate of drug-likeness (QED) is 0.769. The van der Waals surface area contributed by atoms with Crippen molar-refractivity contribution in [1.29, 1.82) is 0 Å². The van der Waals surface area contributed by atoms with Crippen LogP contribution in [0.3, 0.4) is 0 Å². The van der Waals surface area contributed by atoms with Crippen LogP contribution in [0.4, 0.5) is 11.4 Å². The van der Waals surface area contributed by atoms with Gasteiger partial charge in [0.05, 0.1) is 23.1 Å². The van der Waals surface area contributed by atoms with Gasteiger partial charge in [0.1, 0.15) is 0 Å². The standard InChI is InChI=1S/C18H18N4O3/c19-11-4-5-14-10(6-11)7-12(8-20-14)21-18(24)13-2-1-3-15-17(13)25-9-16(23)22-15/h1-3,7-8,11H,4-6,9,19H2,(H,21,24)(H,22,23). The van der Waals surface area contributed by atoms with Gasteiger partial charge in [-0.1, -0.05) is 6.07 Å². The average Bonchev–Trinajstić information content (AvgIpc) is 2.60. The summed E-state index contributed by atoms with van der Waals surface area (Å²) in [5.41, 5.74) is 9.62. The van der Waals surface area contributed by atoms with Crippen LogP contribution in [0.1, 0.15) is 28.0 Å². The lowest BCUT2D eigenvalue weighted by molar-refractivity contribution is -0.118. The largest absolute Gasteiger partial charge is 0.481 e. The highest BCUT2D eigenvalue weighted by Gasteiger charge is 2.23. The van der Waals surface area contributed by atoms with Gasteiger partial charge in [-0.05, 0) is 43.0 Å². The summed E-state index contributed by atoms with van der Waals surface area (Å²) in [6.45, 7) is -0.102. The molecular formula is C18H18N4O3. The van der Waals surface area contributed by atoms with Gasteiger partial charge >= 0.3 is 0 Å². The SMILES string of the molecule is NC1CCc2ncc(NC(=O)c3cccc4c3OCC(=O)N4)cc2C1. The molecule has 2 aliphatic rings. The number of hydrogen-bond donors (Lipinski definition) is 3. The Hall–Kier alpha value is -2.93. The smallest absolute Gasteiger partial charge is 0.262 e. The minimum atomic E-state index is -0.310. The maximum absolute atomic E-state index is 12.6. The molecule has 1 aromatic heterocycles. The molecule has 128 valence electrons. The molecule has 0 radical (unpaired) electrons. The van der Waals surface area contributed by atoms with Crippen LogP contribution in [0, 0.1) is 0 Å². The predicted molar refractivity (Wildman–Crippen MR) is 92.8 cm³/mol. The van der Waals surface area contributed by atoms with E-state index in [4.69, 9.17) is 10.5 Å². The summed E-state index contributed by atoms with van der Waals surface area (Å²) in [6, 6.07) is 7.13. The molecule has 1 atom stereocenters. The molecule has 4 rings (SSSR count). The fourth-order valence-corrected chi connectivity index (χ4v) is 3.21. The molecule has 7 nitrogen and oxygen atoms in total. The number of rotatable bonds is 2. The fourth-order valence-electron chi connectivity index (χ4n) is 3.21. The Morgan fingerprint density at radius 3 is 3.16 bits per heavy atom. The van der Waals surface area contributed by atoms with Gasteiger partial charge in [0.2, 0.25) is 0 Å². The van der Waals surface area contributed by atoms with Gasteiger partial charge in [0.25, 0.3) is 11.8 Å². The van der Waals surface area contributed by atoms with Crippen LogP contribution in [0.25, 0.3) is 0 Å². The highest BCUT2D eigenvalue weighted by Crippen LogP contribution is 2.32. The third-order valence-corrected chi connectivity index (χ3v) is 4.43. The number of nitrogens with one attached hydrogen (secondary N) is 2. The zero-order chi connectivity index (χ0) is 17.4. The predicted octanol–water partition coefficient (Wildman–Crippen LogP) is 1.48. The summed E-state index contributed by atoms with van der Waals surface area (Å²) in [7, 11) is 0. The van der Waals surface area contributed by atoms with E-state index in [9.17, 15) is 9.59 Å². The van der Waals surface area contributed by atoms with Crippen LogP contribution in [-0.2, 0) is 17.6 Å². The number of aromatic nitrogens is 1. The van der Waals surface area contributed by atoms with E-state index in [2.05, 4.69) is 15.6 Å². The lowest BCUT2D eigenvalue weighted by Gasteiger charge is -2.22. The molecule has 0 saturated heterocycles. The zero-order valence-electron chi connectivity index (χ0n) is 13.5. The molecule has 0 bridgehead atoms. The number of benzene rings is 1. The van der Waals surface area contributed by atoms with E-state index in [0.29, 0.717) is 22.7 Å². The first-order valence-corrected chi connectivity index (χ1v) is 8.20. The lowest BCUT2D eigenvalue weighted by Crippen LogP contribution is -2.28. The summed E-state index contributed by atoms with van der Waals surface area (Å²) < 4.78 is 5.43. The topological polar surface area (TPSA) is 106 Å². The van der Waals surface area contributed by atoms with Gasteiger partial charge in [-0.25, -0.2) is 0 Å². The Morgan fingerprint density at radius 2 is 2.28 bits per heavy atom. The molecule has 1 aliphatic heterocycles. The first kappa shape index (κ1) is 15.6. The number of aryl methyl sites for hydroxylation is 1. The number of amides is 2. The van der Waals surface area contributed by atoms with Gasteiger partial charge in [-0.2, -0.15) is 0 Å². The third kappa shape index (κ3) is 3.06. The highest BCUT2D eigenvalue weighted by atomic mass is 16.5.